The van der Waals surface area contributed by atoms with E-state index in [4.69, 9.17) is 9.94 Å². The van der Waals surface area contributed by atoms with Crippen LogP contribution in [0, 0.1) is 0 Å². The number of fused-ring (bicyclic) bond motifs is 1. The number of hydroxylamine groups is 1. The highest BCUT2D eigenvalue weighted by Crippen LogP contribution is 2.39. The number of piperidine rings is 1. The second-order valence-electron chi connectivity index (χ2n) is 5.30. The average molecular weight is 262 g/mol. The lowest BCUT2D eigenvalue weighted by atomic mass is 9.83. The number of carbonyl (C=O) groups excluding carboxylic acids is 1. The van der Waals surface area contributed by atoms with Crippen molar-refractivity contribution in [1.82, 2.24) is 10.4 Å². The van der Waals surface area contributed by atoms with Crippen LogP contribution in [0.1, 0.15) is 24.8 Å². The number of hydrogen-bond acceptors (Lipinski definition) is 3. The van der Waals surface area contributed by atoms with E-state index in [-0.39, 0.29) is 5.60 Å². The standard InChI is InChI=1S/C14H18N2O3/c17-13(15-18)16-9-7-14(8-10-16)6-5-11-3-1-2-4-12(11)19-14/h1-4,18H,5-10H2,(H,15,17). The van der Waals surface area contributed by atoms with Crippen LogP contribution in [-0.2, 0) is 6.42 Å². The van der Waals surface area contributed by atoms with Crippen LogP contribution >= 0.6 is 0 Å². The summed E-state index contributed by atoms with van der Waals surface area (Å²) in [5.41, 5.74) is 2.82. The first-order chi connectivity index (χ1) is 9.22. The molecule has 0 bridgehead atoms. The molecule has 0 saturated carbocycles. The smallest absolute Gasteiger partial charge is 0.341 e. The summed E-state index contributed by atoms with van der Waals surface area (Å²) in [5, 5.41) is 8.65. The molecule has 5 heteroatoms. The summed E-state index contributed by atoms with van der Waals surface area (Å²) in [6.07, 6.45) is 3.66. The third-order valence-corrected chi connectivity index (χ3v) is 4.21. The fraction of sp³-hybridized carbons (Fsp3) is 0.500. The number of aryl methyl sites for hydroxylation is 1. The molecule has 1 spiro atoms. The Labute approximate surface area is 112 Å². The zero-order valence-electron chi connectivity index (χ0n) is 10.8. The summed E-state index contributed by atoms with van der Waals surface area (Å²) < 4.78 is 6.20. The van der Waals surface area contributed by atoms with Crippen LogP contribution in [0.25, 0.3) is 0 Å². The van der Waals surface area contributed by atoms with Gasteiger partial charge in [0.2, 0.25) is 0 Å². The molecule has 2 aliphatic heterocycles. The number of hydrogen-bond donors (Lipinski definition) is 2. The van der Waals surface area contributed by atoms with E-state index in [1.807, 2.05) is 18.2 Å². The Morgan fingerprint density at radius 3 is 2.74 bits per heavy atom. The van der Waals surface area contributed by atoms with Crippen molar-refractivity contribution in [2.75, 3.05) is 13.1 Å². The number of nitrogens with one attached hydrogen (secondary N) is 1. The number of likely N-dealkylation sites (tertiary alicyclic amines) is 1. The van der Waals surface area contributed by atoms with Gasteiger partial charge in [-0.3, -0.25) is 5.21 Å². The van der Waals surface area contributed by atoms with Gasteiger partial charge in [-0.15, -0.1) is 0 Å². The van der Waals surface area contributed by atoms with Gasteiger partial charge in [-0.25, -0.2) is 10.3 Å². The van der Waals surface area contributed by atoms with Gasteiger partial charge in [0.05, 0.1) is 0 Å². The Morgan fingerprint density at radius 1 is 1.26 bits per heavy atom. The van der Waals surface area contributed by atoms with E-state index in [1.54, 1.807) is 10.4 Å². The van der Waals surface area contributed by atoms with E-state index in [0.29, 0.717) is 13.1 Å². The largest absolute Gasteiger partial charge is 0.487 e. The minimum atomic E-state index is -0.425. The summed E-state index contributed by atoms with van der Waals surface area (Å²) >= 11 is 0. The van der Waals surface area contributed by atoms with Crippen LogP contribution in [0.3, 0.4) is 0 Å². The zero-order valence-corrected chi connectivity index (χ0v) is 10.8. The molecule has 2 heterocycles. The summed E-state index contributed by atoms with van der Waals surface area (Å²) in [6, 6.07) is 7.73. The number of carbonyl (C=O) groups is 1. The van der Waals surface area contributed by atoms with E-state index < -0.39 is 6.03 Å². The number of ether oxygens (including phenoxy) is 1. The molecular formula is C14H18N2O3. The predicted octanol–water partition coefficient (Wildman–Crippen LogP) is 1.95. The van der Waals surface area contributed by atoms with Crippen molar-refractivity contribution in [1.29, 1.82) is 0 Å². The van der Waals surface area contributed by atoms with Crippen molar-refractivity contribution in [3.05, 3.63) is 29.8 Å². The SMILES string of the molecule is O=C(NO)N1CCC2(CCc3ccccc3O2)CC1. The van der Waals surface area contributed by atoms with Crippen LogP contribution in [0.4, 0.5) is 4.79 Å². The lowest BCUT2D eigenvalue weighted by Gasteiger charge is -2.44. The molecule has 2 N–H and O–H groups in total. The highest BCUT2D eigenvalue weighted by molar-refractivity contribution is 5.72. The third-order valence-electron chi connectivity index (χ3n) is 4.21. The topological polar surface area (TPSA) is 61.8 Å². The maximum atomic E-state index is 11.4. The van der Waals surface area contributed by atoms with Gasteiger partial charge in [0.25, 0.3) is 0 Å². The summed E-state index contributed by atoms with van der Waals surface area (Å²) in [7, 11) is 0. The highest BCUT2D eigenvalue weighted by Gasteiger charge is 2.40. The molecule has 5 nitrogen and oxygen atoms in total. The summed E-state index contributed by atoms with van der Waals surface area (Å²) in [6.45, 7) is 1.24. The van der Waals surface area contributed by atoms with Crippen LogP contribution in [0.2, 0.25) is 0 Å². The quantitative estimate of drug-likeness (QED) is 0.555. The van der Waals surface area contributed by atoms with E-state index in [9.17, 15) is 4.79 Å². The minimum absolute atomic E-state index is 0.138. The Bertz CT molecular complexity index is 481. The number of rotatable bonds is 0. The van der Waals surface area contributed by atoms with Crippen molar-refractivity contribution in [3.63, 3.8) is 0 Å². The van der Waals surface area contributed by atoms with E-state index >= 15 is 0 Å². The number of urea groups is 1. The van der Waals surface area contributed by atoms with Crippen LogP contribution in [0.15, 0.2) is 24.3 Å². The summed E-state index contributed by atoms with van der Waals surface area (Å²) in [4.78, 5) is 13.0. The molecule has 0 atom stereocenters. The van der Waals surface area contributed by atoms with Gasteiger partial charge < -0.3 is 9.64 Å². The molecule has 1 aromatic carbocycles. The molecule has 3 rings (SSSR count). The zero-order chi connectivity index (χ0) is 13.3. The highest BCUT2D eigenvalue weighted by atomic mass is 16.5. The molecule has 1 fully saturated rings. The molecule has 1 saturated heterocycles. The van der Waals surface area contributed by atoms with Crippen molar-refractivity contribution in [3.8, 4) is 5.75 Å². The first-order valence-corrected chi connectivity index (χ1v) is 6.68. The van der Waals surface area contributed by atoms with Gasteiger partial charge in [-0.2, -0.15) is 0 Å². The van der Waals surface area contributed by atoms with E-state index in [0.717, 1.165) is 31.4 Å². The molecule has 2 amide bonds. The molecule has 2 aliphatic rings. The monoisotopic (exact) mass is 262 g/mol. The van der Waals surface area contributed by atoms with Crippen LogP contribution in [-0.4, -0.2) is 34.8 Å². The van der Waals surface area contributed by atoms with Crippen LogP contribution < -0.4 is 10.2 Å². The molecule has 0 radical (unpaired) electrons. The van der Waals surface area contributed by atoms with Gasteiger partial charge in [0.1, 0.15) is 11.4 Å². The van der Waals surface area contributed by atoms with Crippen LogP contribution in [0.5, 0.6) is 5.75 Å². The van der Waals surface area contributed by atoms with Crippen molar-refractivity contribution in [2.24, 2.45) is 0 Å². The van der Waals surface area contributed by atoms with Crippen molar-refractivity contribution >= 4 is 6.03 Å². The van der Waals surface area contributed by atoms with Gasteiger partial charge in [0.15, 0.2) is 0 Å². The Hall–Kier alpha value is -1.75. The Morgan fingerprint density at radius 2 is 2.00 bits per heavy atom. The number of benzene rings is 1. The minimum Gasteiger partial charge on any atom is -0.487 e. The molecule has 0 unspecified atom stereocenters. The predicted molar refractivity (Wildman–Crippen MR) is 69.2 cm³/mol. The van der Waals surface area contributed by atoms with Gasteiger partial charge in [0, 0.05) is 25.9 Å². The van der Waals surface area contributed by atoms with Gasteiger partial charge in [-0.1, -0.05) is 18.2 Å². The first kappa shape index (κ1) is 12.3. The molecule has 0 aromatic heterocycles. The van der Waals surface area contributed by atoms with Crippen molar-refractivity contribution < 1.29 is 14.7 Å². The molecule has 1 aromatic rings. The second-order valence-corrected chi connectivity index (χ2v) is 5.30. The van der Waals surface area contributed by atoms with Gasteiger partial charge >= 0.3 is 6.03 Å². The average Bonchev–Trinajstić information content (AvgIpc) is 2.47. The fourth-order valence-electron chi connectivity index (χ4n) is 3.00. The maximum absolute atomic E-state index is 11.4. The fourth-order valence-corrected chi connectivity index (χ4v) is 3.00. The molecule has 102 valence electrons. The molecule has 19 heavy (non-hydrogen) atoms. The number of amides is 2. The number of nitrogens with zero attached hydrogens (tertiary/aromatic N) is 1. The molecule has 0 aliphatic carbocycles. The Balaban J connectivity index is 1.70. The van der Waals surface area contributed by atoms with E-state index in [1.165, 1.54) is 5.56 Å². The van der Waals surface area contributed by atoms with Crippen molar-refractivity contribution in [2.45, 2.75) is 31.3 Å². The van der Waals surface area contributed by atoms with Gasteiger partial charge in [-0.05, 0) is 24.5 Å². The molecular weight excluding hydrogens is 244 g/mol. The lowest BCUT2D eigenvalue weighted by Crippen LogP contribution is -2.52. The first-order valence-electron chi connectivity index (χ1n) is 6.68. The second kappa shape index (κ2) is 4.74. The third kappa shape index (κ3) is 2.26. The maximum Gasteiger partial charge on any atom is 0.341 e. The van der Waals surface area contributed by atoms with E-state index in [2.05, 4.69) is 6.07 Å². The summed E-state index contributed by atoms with van der Waals surface area (Å²) in [5.74, 6) is 0.980. The Kier molecular flexibility index (Phi) is 3.06. The lowest BCUT2D eigenvalue weighted by molar-refractivity contribution is -0.00878. The normalized spacial score (nSPS) is 20.6. The number of para-hydroxylation sites is 1.